The normalized spacial score (nSPS) is 17.4. The second-order valence-corrected chi connectivity index (χ2v) is 4.08. The van der Waals surface area contributed by atoms with Crippen LogP contribution in [0.15, 0.2) is 18.3 Å². The first-order chi connectivity index (χ1) is 8.89. The Kier molecular flexibility index (Phi) is 3.50. The molecule has 1 aliphatic heterocycles. The minimum atomic E-state index is -4.57. The number of H-pyrrole nitrogens is 1. The number of aromatic amines is 1. The molecule has 1 N–H and O–H groups in total. The van der Waals surface area contributed by atoms with Crippen LogP contribution >= 0.6 is 0 Å². The molecule has 1 saturated heterocycles. The molecule has 8 heteroatoms. The molecule has 0 bridgehead atoms. The zero-order valence-electron chi connectivity index (χ0n) is 9.74. The van der Waals surface area contributed by atoms with E-state index in [1.165, 1.54) is 18.3 Å². The molecule has 1 aromatic rings. The third kappa shape index (κ3) is 2.88. The molecule has 5 nitrogen and oxygen atoms in total. The maximum Gasteiger partial charge on any atom is 0.416 e. The smallest absolute Gasteiger partial charge is 0.416 e. The number of cyclic esters (lactones) is 1. The molecule has 2 rings (SSSR count). The van der Waals surface area contributed by atoms with Crippen molar-refractivity contribution in [2.45, 2.75) is 18.5 Å². The van der Waals surface area contributed by atoms with Crippen LogP contribution in [0.3, 0.4) is 0 Å². The number of imide groups is 1. The van der Waals surface area contributed by atoms with Crippen molar-refractivity contribution < 1.29 is 27.5 Å². The molecule has 1 fully saturated rings. The fourth-order valence-corrected chi connectivity index (χ4v) is 1.87. The van der Waals surface area contributed by atoms with Gasteiger partial charge in [-0.2, -0.15) is 13.2 Å². The maximum absolute atomic E-state index is 12.9. The predicted octanol–water partition coefficient (Wildman–Crippen LogP) is 2.03. The Morgan fingerprint density at radius 1 is 1.53 bits per heavy atom. The summed E-state index contributed by atoms with van der Waals surface area (Å²) in [5, 5.41) is 0. The van der Waals surface area contributed by atoms with Crippen molar-refractivity contribution in [2.24, 2.45) is 0 Å². The Morgan fingerprint density at radius 2 is 2.26 bits per heavy atom. The van der Waals surface area contributed by atoms with E-state index >= 15 is 0 Å². The van der Waals surface area contributed by atoms with Gasteiger partial charge < -0.3 is 9.72 Å². The van der Waals surface area contributed by atoms with E-state index in [0.717, 1.165) is 0 Å². The Hall–Kier alpha value is -1.99. The van der Waals surface area contributed by atoms with E-state index < -0.39 is 30.5 Å². The van der Waals surface area contributed by atoms with Crippen molar-refractivity contribution in [3.63, 3.8) is 0 Å². The standard InChI is InChI=1S/C11H11F3N2O3/c12-11(13,14)7(8-2-1-3-15-8)6-9(17)16-4-5-19-10(16)18/h1-3,7,15H,4-6H2/t7-/m0/s1. The van der Waals surface area contributed by atoms with Crippen LogP contribution in [0.4, 0.5) is 18.0 Å². The van der Waals surface area contributed by atoms with Gasteiger partial charge in [0, 0.05) is 18.3 Å². The highest BCUT2D eigenvalue weighted by Gasteiger charge is 2.44. The first-order valence-electron chi connectivity index (χ1n) is 5.56. The molecule has 0 saturated carbocycles. The summed E-state index contributed by atoms with van der Waals surface area (Å²) in [6.07, 6.45) is -4.93. The average molecular weight is 276 g/mol. The summed E-state index contributed by atoms with van der Waals surface area (Å²) >= 11 is 0. The van der Waals surface area contributed by atoms with Crippen LogP contribution in [-0.2, 0) is 9.53 Å². The molecule has 0 radical (unpaired) electrons. The van der Waals surface area contributed by atoms with E-state index in [0.29, 0.717) is 4.90 Å². The van der Waals surface area contributed by atoms with Crippen LogP contribution in [0, 0.1) is 0 Å². The highest BCUT2D eigenvalue weighted by atomic mass is 19.4. The van der Waals surface area contributed by atoms with Gasteiger partial charge in [0.05, 0.1) is 6.54 Å². The topological polar surface area (TPSA) is 62.4 Å². The number of carbonyl (C=O) groups excluding carboxylic acids is 2. The number of amides is 2. The Balaban J connectivity index is 2.13. The summed E-state index contributed by atoms with van der Waals surface area (Å²) < 4.78 is 43.3. The fraction of sp³-hybridized carbons (Fsp3) is 0.455. The first kappa shape index (κ1) is 13.4. The summed E-state index contributed by atoms with van der Waals surface area (Å²) in [4.78, 5) is 26.0. The molecule has 0 aromatic carbocycles. The Labute approximate surface area is 106 Å². The zero-order valence-corrected chi connectivity index (χ0v) is 9.74. The van der Waals surface area contributed by atoms with Crippen LogP contribution in [-0.4, -0.2) is 41.2 Å². The first-order valence-corrected chi connectivity index (χ1v) is 5.56. The van der Waals surface area contributed by atoms with Crippen molar-refractivity contribution >= 4 is 12.0 Å². The van der Waals surface area contributed by atoms with Crippen molar-refractivity contribution in [3.05, 3.63) is 24.0 Å². The van der Waals surface area contributed by atoms with Crippen LogP contribution in [0.25, 0.3) is 0 Å². The number of aromatic nitrogens is 1. The average Bonchev–Trinajstić information content (AvgIpc) is 2.94. The SMILES string of the molecule is O=C(C[C@@H](c1ccc[nH]1)C(F)(F)F)N1CCOC1=O. The minimum absolute atomic E-state index is 0.00697. The van der Waals surface area contributed by atoms with Crippen molar-refractivity contribution in [1.29, 1.82) is 0 Å². The van der Waals surface area contributed by atoms with Gasteiger partial charge in [0.25, 0.3) is 0 Å². The highest BCUT2D eigenvalue weighted by Crippen LogP contribution is 2.37. The fourth-order valence-electron chi connectivity index (χ4n) is 1.87. The van der Waals surface area contributed by atoms with Crippen molar-refractivity contribution in [2.75, 3.05) is 13.2 Å². The van der Waals surface area contributed by atoms with Gasteiger partial charge in [-0.15, -0.1) is 0 Å². The van der Waals surface area contributed by atoms with E-state index in [4.69, 9.17) is 0 Å². The maximum atomic E-state index is 12.9. The van der Waals surface area contributed by atoms with Gasteiger partial charge in [-0.25, -0.2) is 9.69 Å². The molecule has 1 atom stereocenters. The lowest BCUT2D eigenvalue weighted by Crippen LogP contribution is -2.35. The molecular formula is C11H11F3N2O3. The van der Waals surface area contributed by atoms with Crippen LogP contribution in [0.1, 0.15) is 18.0 Å². The lowest BCUT2D eigenvalue weighted by molar-refractivity contribution is -0.160. The minimum Gasteiger partial charge on any atom is -0.447 e. The lowest BCUT2D eigenvalue weighted by Gasteiger charge is -2.20. The van der Waals surface area contributed by atoms with Gasteiger partial charge >= 0.3 is 12.3 Å². The third-order valence-corrected chi connectivity index (χ3v) is 2.83. The third-order valence-electron chi connectivity index (χ3n) is 2.83. The van der Waals surface area contributed by atoms with E-state index in [2.05, 4.69) is 9.72 Å². The molecule has 2 heterocycles. The molecule has 1 aliphatic rings. The molecule has 0 spiro atoms. The van der Waals surface area contributed by atoms with Crippen LogP contribution in [0.2, 0.25) is 0 Å². The summed E-state index contributed by atoms with van der Waals surface area (Å²) in [6.45, 7) is 0.0106. The van der Waals surface area contributed by atoms with Crippen molar-refractivity contribution in [1.82, 2.24) is 9.88 Å². The number of rotatable bonds is 3. The van der Waals surface area contributed by atoms with Crippen molar-refractivity contribution in [3.8, 4) is 0 Å². The number of nitrogens with zero attached hydrogens (tertiary/aromatic N) is 1. The largest absolute Gasteiger partial charge is 0.447 e. The lowest BCUT2D eigenvalue weighted by atomic mass is 10.0. The number of hydrogen-bond acceptors (Lipinski definition) is 3. The van der Waals surface area contributed by atoms with Crippen LogP contribution < -0.4 is 0 Å². The monoisotopic (exact) mass is 276 g/mol. The summed E-state index contributed by atoms with van der Waals surface area (Å²) in [6, 6.07) is 2.68. The summed E-state index contributed by atoms with van der Waals surface area (Å²) in [5.74, 6) is -2.84. The van der Waals surface area contributed by atoms with Crippen LogP contribution in [0.5, 0.6) is 0 Å². The van der Waals surface area contributed by atoms with E-state index in [1.807, 2.05) is 0 Å². The molecule has 1 aromatic heterocycles. The second-order valence-electron chi connectivity index (χ2n) is 4.08. The summed E-state index contributed by atoms with van der Waals surface area (Å²) in [7, 11) is 0. The van der Waals surface area contributed by atoms with E-state index in [9.17, 15) is 22.8 Å². The number of nitrogens with one attached hydrogen (secondary N) is 1. The number of halogens is 3. The number of alkyl halides is 3. The number of ether oxygens (including phenoxy) is 1. The Morgan fingerprint density at radius 3 is 2.74 bits per heavy atom. The molecule has 0 aliphatic carbocycles. The number of hydrogen-bond donors (Lipinski definition) is 1. The predicted molar refractivity (Wildman–Crippen MR) is 57.3 cm³/mol. The molecule has 2 amide bonds. The molecular weight excluding hydrogens is 265 g/mol. The quantitative estimate of drug-likeness (QED) is 0.918. The van der Waals surface area contributed by atoms with Gasteiger partial charge in [0.2, 0.25) is 5.91 Å². The van der Waals surface area contributed by atoms with Gasteiger partial charge in [-0.3, -0.25) is 4.79 Å². The van der Waals surface area contributed by atoms with Gasteiger partial charge in [0.15, 0.2) is 0 Å². The molecule has 104 valence electrons. The second kappa shape index (κ2) is 4.94. The highest BCUT2D eigenvalue weighted by molar-refractivity contribution is 5.93. The molecule has 0 unspecified atom stereocenters. The van der Waals surface area contributed by atoms with Gasteiger partial charge in [-0.05, 0) is 12.1 Å². The van der Waals surface area contributed by atoms with E-state index in [-0.39, 0.29) is 18.8 Å². The van der Waals surface area contributed by atoms with E-state index in [1.54, 1.807) is 0 Å². The number of carbonyl (C=O) groups is 2. The van der Waals surface area contributed by atoms with Gasteiger partial charge in [-0.1, -0.05) is 0 Å². The summed E-state index contributed by atoms with van der Waals surface area (Å²) in [5.41, 5.74) is -0.103. The van der Waals surface area contributed by atoms with Gasteiger partial charge in [0.1, 0.15) is 12.5 Å². The zero-order chi connectivity index (χ0) is 14.0. The molecule has 19 heavy (non-hydrogen) atoms. The Bertz CT molecular complexity index is 470.